The summed E-state index contributed by atoms with van der Waals surface area (Å²) in [6.07, 6.45) is -2.63. The van der Waals surface area contributed by atoms with Gasteiger partial charge in [0.25, 0.3) is 0 Å². The number of aliphatic hydroxyl groups excluding tert-OH is 2. The van der Waals surface area contributed by atoms with E-state index in [0.29, 0.717) is 24.6 Å². The number of rotatable bonds is 18. The Morgan fingerprint density at radius 3 is 1.34 bits per heavy atom. The third kappa shape index (κ3) is 14.0. The quantitative estimate of drug-likeness (QED) is 0.102. The molecule has 6 N–H and O–H groups in total. The Labute approximate surface area is 218 Å². The second kappa shape index (κ2) is 17.0. The van der Waals surface area contributed by atoms with Crippen molar-refractivity contribution in [2.75, 3.05) is 50.9 Å². The van der Waals surface area contributed by atoms with E-state index in [1.54, 1.807) is 27.7 Å². The van der Waals surface area contributed by atoms with Crippen LogP contribution in [0.4, 0.5) is 0 Å². The molecule has 0 saturated heterocycles. The third-order valence-electron chi connectivity index (χ3n) is 5.10. The molecule has 11 nitrogen and oxygen atoms in total. The molecule has 0 aromatic heterocycles. The maximum absolute atomic E-state index is 12.3. The second-order valence-electron chi connectivity index (χ2n) is 9.50. The van der Waals surface area contributed by atoms with E-state index in [4.69, 9.17) is 4.74 Å². The Hall–Kier alpha value is -1.54. The molecule has 35 heavy (non-hydrogen) atoms. The first-order valence-electron chi connectivity index (χ1n) is 11.5. The van der Waals surface area contributed by atoms with Crippen LogP contribution in [-0.4, -0.2) is 96.9 Å². The Balaban J connectivity index is 4.49. The molecule has 0 spiro atoms. The Morgan fingerprint density at radius 1 is 0.686 bits per heavy atom. The smallest absolute Gasteiger partial charge is 0.249 e. The van der Waals surface area contributed by atoms with E-state index in [1.807, 2.05) is 0 Å². The van der Waals surface area contributed by atoms with E-state index in [2.05, 4.69) is 46.5 Å². The summed E-state index contributed by atoms with van der Waals surface area (Å²) in [7, 11) is 0. The average molecular weight is 539 g/mol. The molecule has 0 radical (unpaired) electrons. The van der Waals surface area contributed by atoms with E-state index < -0.39 is 34.9 Å². The summed E-state index contributed by atoms with van der Waals surface area (Å²) >= 11 is 7.99. The van der Waals surface area contributed by atoms with Crippen molar-refractivity contribution in [2.45, 2.75) is 52.7 Å². The van der Waals surface area contributed by atoms with Crippen molar-refractivity contribution in [3.63, 3.8) is 0 Å². The van der Waals surface area contributed by atoms with Gasteiger partial charge in [0.15, 0.2) is 0 Å². The highest BCUT2D eigenvalue weighted by Crippen LogP contribution is 2.25. The standard InChI is InChI=1S/C22H42N4O7S2/c1-21(2,17(29)19(31)25-7-5-15(27)23-9-11-34)13-33-14-22(3,4)18(30)20(32)26-8-6-16(28)24-10-12-35/h17-18,29-30,34-35H,5-14H2,1-4H3,(H,23,27)(H,24,28)(H,25,31)(H,26,32). The number of carbonyl (C=O) groups is 4. The largest absolute Gasteiger partial charge is 0.383 e. The van der Waals surface area contributed by atoms with Gasteiger partial charge < -0.3 is 36.2 Å². The van der Waals surface area contributed by atoms with Crippen LogP contribution in [0.3, 0.4) is 0 Å². The number of carbonyl (C=O) groups excluding carboxylic acids is 4. The number of ether oxygens (including phenoxy) is 1. The molecular formula is C22H42N4O7S2. The zero-order valence-corrected chi connectivity index (χ0v) is 22.8. The number of thiol groups is 2. The van der Waals surface area contributed by atoms with Crippen molar-refractivity contribution in [3.8, 4) is 0 Å². The lowest BCUT2D eigenvalue weighted by atomic mass is 9.85. The third-order valence-corrected chi connectivity index (χ3v) is 5.54. The molecule has 0 fully saturated rings. The minimum atomic E-state index is -1.40. The summed E-state index contributed by atoms with van der Waals surface area (Å²) in [5.41, 5.74) is -1.94. The van der Waals surface area contributed by atoms with Crippen LogP contribution in [0, 0.1) is 10.8 Å². The van der Waals surface area contributed by atoms with Gasteiger partial charge in [-0.3, -0.25) is 19.2 Å². The highest BCUT2D eigenvalue weighted by molar-refractivity contribution is 7.80. The molecule has 204 valence electrons. The van der Waals surface area contributed by atoms with Crippen LogP contribution in [0.1, 0.15) is 40.5 Å². The number of amides is 4. The minimum Gasteiger partial charge on any atom is -0.383 e. The molecule has 0 aliphatic rings. The van der Waals surface area contributed by atoms with Gasteiger partial charge in [0.05, 0.1) is 13.2 Å². The summed E-state index contributed by atoms with van der Waals surface area (Å²) < 4.78 is 5.66. The molecular weight excluding hydrogens is 496 g/mol. The van der Waals surface area contributed by atoms with Gasteiger partial charge in [-0.05, 0) is 0 Å². The van der Waals surface area contributed by atoms with Gasteiger partial charge in [0.1, 0.15) is 12.2 Å². The van der Waals surface area contributed by atoms with Gasteiger partial charge in [-0.1, -0.05) is 27.7 Å². The van der Waals surface area contributed by atoms with Crippen molar-refractivity contribution in [2.24, 2.45) is 10.8 Å². The summed E-state index contributed by atoms with van der Waals surface area (Å²) in [4.78, 5) is 47.7. The Morgan fingerprint density at radius 2 is 1.03 bits per heavy atom. The fraction of sp³-hybridized carbons (Fsp3) is 0.818. The van der Waals surface area contributed by atoms with Crippen molar-refractivity contribution in [1.29, 1.82) is 0 Å². The first-order valence-corrected chi connectivity index (χ1v) is 12.8. The van der Waals surface area contributed by atoms with Crippen LogP contribution in [0.15, 0.2) is 0 Å². The number of aliphatic hydroxyl groups is 2. The Bertz CT molecular complexity index is 637. The monoisotopic (exact) mass is 538 g/mol. The molecule has 2 unspecified atom stereocenters. The molecule has 0 aliphatic heterocycles. The van der Waals surface area contributed by atoms with Gasteiger partial charge in [0.2, 0.25) is 23.6 Å². The van der Waals surface area contributed by atoms with Gasteiger partial charge in [-0.2, -0.15) is 25.3 Å². The van der Waals surface area contributed by atoms with Crippen molar-refractivity contribution in [1.82, 2.24) is 21.3 Å². The zero-order chi connectivity index (χ0) is 27.1. The molecule has 0 heterocycles. The number of nitrogens with one attached hydrogen (secondary N) is 4. The van der Waals surface area contributed by atoms with Crippen molar-refractivity contribution in [3.05, 3.63) is 0 Å². The number of hydrogen-bond acceptors (Lipinski definition) is 9. The molecule has 0 aliphatic carbocycles. The van der Waals surface area contributed by atoms with Crippen LogP contribution >= 0.6 is 25.3 Å². The highest BCUT2D eigenvalue weighted by atomic mass is 32.1. The highest BCUT2D eigenvalue weighted by Gasteiger charge is 2.37. The van der Waals surface area contributed by atoms with E-state index in [1.165, 1.54) is 0 Å². The fourth-order valence-corrected chi connectivity index (χ4v) is 3.03. The van der Waals surface area contributed by atoms with Crippen molar-refractivity contribution >= 4 is 48.9 Å². The summed E-state index contributed by atoms with van der Waals surface area (Å²) in [5, 5.41) is 31.2. The fourth-order valence-electron chi connectivity index (χ4n) is 2.80. The molecule has 0 saturated carbocycles. The topological polar surface area (TPSA) is 166 Å². The first kappa shape index (κ1) is 33.5. The van der Waals surface area contributed by atoms with Crippen LogP contribution in [0.5, 0.6) is 0 Å². The predicted octanol–water partition coefficient (Wildman–Crippen LogP) is -1.12. The normalized spacial score (nSPS) is 13.5. The van der Waals surface area contributed by atoms with Crippen LogP contribution in [0.25, 0.3) is 0 Å². The van der Waals surface area contributed by atoms with E-state index in [9.17, 15) is 29.4 Å². The van der Waals surface area contributed by atoms with E-state index in [-0.39, 0.29) is 51.0 Å². The van der Waals surface area contributed by atoms with Gasteiger partial charge in [-0.25, -0.2) is 0 Å². The first-order chi connectivity index (χ1) is 16.3. The predicted molar refractivity (Wildman–Crippen MR) is 139 cm³/mol. The lowest BCUT2D eigenvalue weighted by Crippen LogP contribution is -2.48. The molecule has 13 heteroatoms. The maximum atomic E-state index is 12.3. The molecule has 2 atom stereocenters. The van der Waals surface area contributed by atoms with Crippen LogP contribution in [-0.2, 0) is 23.9 Å². The van der Waals surface area contributed by atoms with E-state index >= 15 is 0 Å². The SMILES string of the molecule is CC(C)(COCC(C)(C)C(O)C(=O)NCCC(=O)NCCS)C(O)C(=O)NCCC(=O)NCCS. The minimum absolute atomic E-state index is 0.0207. The molecule has 0 bridgehead atoms. The second-order valence-corrected chi connectivity index (χ2v) is 10.4. The molecule has 0 aromatic carbocycles. The maximum Gasteiger partial charge on any atom is 0.249 e. The van der Waals surface area contributed by atoms with Crippen LogP contribution < -0.4 is 21.3 Å². The zero-order valence-electron chi connectivity index (χ0n) is 21.1. The van der Waals surface area contributed by atoms with Crippen LogP contribution in [0.2, 0.25) is 0 Å². The molecule has 4 amide bonds. The lowest BCUT2D eigenvalue weighted by Gasteiger charge is -2.33. The molecule has 0 rings (SSSR count). The van der Waals surface area contributed by atoms with Gasteiger partial charge >= 0.3 is 0 Å². The summed E-state index contributed by atoms with van der Waals surface area (Å²) in [6.45, 7) is 7.56. The summed E-state index contributed by atoms with van der Waals surface area (Å²) in [5.74, 6) is -0.676. The summed E-state index contributed by atoms with van der Waals surface area (Å²) in [6, 6.07) is 0. The van der Waals surface area contributed by atoms with Crippen molar-refractivity contribution < 1.29 is 34.1 Å². The number of hydrogen-bond donors (Lipinski definition) is 8. The van der Waals surface area contributed by atoms with Gasteiger partial charge in [-0.15, -0.1) is 0 Å². The Kier molecular flexibility index (Phi) is 16.3. The van der Waals surface area contributed by atoms with Gasteiger partial charge in [0, 0.05) is 61.4 Å². The van der Waals surface area contributed by atoms with E-state index in [0.717, 1.165) is 0 Å². The molecule has 0 aromatic rings. The lowest BCUT2D eigenvalue weighted by molar-refractivity contribution is -0.143. The average Bonchev–Trinajstić information content (AvgIpc) is 2.79.